The highest BCUT2D eigenvalue weighted by molar-refractivity contribution is 6.10. The number of methoxy groups -OCH3 is 1. The summed E-state index contributed by atoms with van der Waals surface area (Å²) in [6, 6.07) is 12.6. The minimum absolute atomic E-state index is 0.261. The van der Waals surface area contributed by atoms with Crippen molar-refractivity contribution in [3.63, 3.8) is 0 Å². The number of para-hydroxylation sites is 2. The van der Waals surface area contributed by atoms with Crippen LogP contribution in [0.15, 0.2) is 42.5 Å². The maximum absolute atomic E-state index is 13.0. The molecule has 1 atom stereocenters. The number of nitrogens with zero attached hydrogens (tertiary/aromatic N) is 1. The second-order valence-corrected chi connectivity index (χ2v) is 7.65. The molecule has 1 heterocycles. The Morgan fingerprint density at radius 1 is 1.13 bits per heavy atom. The van der Waals surface area contributed by atoms with Gasteiger partial charge in [-0.2, -0.15) is 0 Å². The number of urea groups is 1. The van der Waals surface area contributed by atoms with Crippen LogP contribution in [0.4, 0.5) is 10.5 Å². The standard InChI is InChI=1S/C23H27N3O4/c1-5-16-11-8-9-15(2)20(16)24-19(27)14-26-21(28)23(3,25-22(26)29)13-17-10-6-7-12-18(17)30-4/h6-12H,5,13-14H2,1-4H3,(H,24,27)(H,25,29)/t23-/m1/s1. The predicted molar refractivity (Wildman–Crippen MR) is 115 cm³/mol. The van der Waals surface area contributed by atoms with Crippen molar-refractivity contribution in [3.05, 3.63) is 59.2 Å². The molecule has 7 heteroatoms. The van der Waals surface area contributed by atoms with Crippen molar-refractivity contribution in [1.29, 1.82) is 0 Å². The van der Waals surface area contributed by atoms with Crippen molar-refractivity contribution in [2.75, 3.05) is 19.0 Å². The first-order valence-electron chi connectivity index (χ1n) is 9.93. The first kappa shape index (κ1) is 21.4. The Balaban J connectivity index is 1.74. The minimum Gasteiger partial charge on any atom is -0.496 e. The molecule has 1 aliphatic heterocycles. The van der Waals surface area contributed by atoms with Gasteiger partial charge in [-0.15, -0.1) is 0 Å². The lowest BCUT2D eigenvalue weighted by Crippen LogP contribution is -2.46. The summed E-state index contributed by atoms with van der Waals surface area (Å²) in [5.74, 6) is -0.207. The van der Waals surface area contributed by atoms with Crippen LogP contribution in [0.3, 0.4) is 0 Å². The molecule has 1 fully saturated rings. The van der Waals surface area contributed by atoms with Crippen molar-refractivity contribution >= 4 is 23.5 Å². The number of ether oxygens (including phenoxy) is 1. The molecule has 0 saturated carbocycles. The maximum Gasteiger partial charge on any atom is 0.325 e. The van der Waals surface area contributed by atoms with Crippen molar-refractivity contribution < 1.29 is 19.1 Å². The number of benzene rings is 2. The zero-order valence-electron chi connectivity index (χ0n) is 17.7. The van der Waals surface area contributed by atoms with Crippen LogP contribution in [-0.2, 0) is 22.4 Å². The second-order valence-electron chi connectivity index (χ2n) is 7.65. The average Bonchev–Trinajstić information content (AvgIpc) is 2.92. The summed E-state index contributed by atoms with van der Waals surface area (Å²) < 4.78 is 5.35. The molecule has 0 bridgehead atoms. The number of imide groups is 1. The number of hydrogen-bond donors (Lipinski definition) is 2. The maximum atomic E-state index is 13.0. The van der Waals surface area contributed by atoms with Crippen molar-refractivity contribution in [2.45, 2.75) is 39.2 Å². The second kappa shape index (κ2) is 8.57. The fourth-order valence-corrected chi connectivity index (χ4v) is 3.76. The van der Waals surface area contributed by atoms with E-state index in [0.717, 1.165) is 33.7 Å². The summed E-state index contributed by atoms with van der Waals surface area (Å²) >= 11 is 0. The molecule has 0 unspecified atom stereocenters. The predicted octanol–water partition coefficient (Wildman–Crippen LogP) is 3.06. The summed E-state index contributed by atoms with van der Waals surface area (Å²) in [4.78, 5) is 39.2. The lowest BCUT2D eigenvalue weighted by molar-refractivity contribution is -0.133. The highest BCUT2D eigenvalue weighted by atomic mass is 16.5. The van der Waals surface area contributed by atoms with Crippen molar-refractivity contribution in [2.24, 2.45) is 0 Å². The molecular weight excluding hydrogens is 382 g/mol. The Hall–Kier alpha value is -3.35. The number of amides is 4. The highest BCUT2D eigenvalue weighted by Gasteiger charge is 2.48. The molecule has 3 rings (SSSR count). The first-order chi connectivity index (χ1) is 14.3. The fourth-order valence-electron chi connectivity index (χ4n) is 3.76. The summed E-state index contributed by atoms with van der Waals surface area (Å²) in [5, 5.41) is 5.60. The van der Waals surface area contributed by atoms with Gasteiger partial charge in [-0.1, -0.05) is 43.3 Å². The summed E-state index contributed by atoms with van der Waals surface area (Å²) in [7, 11) is 1.56. The van der Waals surface area contributed by atoms with Crippen LogP contribution in [0.25, 0.3) is 0 Å². The smallest absolute Gasteiger partial charge is 0.325 e. The summed E-state index contributed by atoms with van der Waals surface area (Å²) in [5.41, 5.74) is 2.31. The van der Waals surface area contributed by atoms with E-state index in [4.69, 9.17) is 4.74 Å². The van der Waals surface area contributed by atoms with Crippen molar-refractivity contribution in [3.8, 4) is 5.75 Å². The van der Waals surface area contributed by atoms with E-state index in [1.165, 1.54) is 0 Å². The molecule has 7 nitrogen and oxygen atoms in total. The molecule has 2 N–H and O–H groups in total. The Labute approximate surface area is 176 Å². The number of hydrogen-bond acceptors (Lipinski definition) is 4. The molecule has 30 heavy (non-hydrogen) atoms. The molecule has 158 valence electrons. The van der Waals surface area contributed by atoms with E-state index in [1.807, 2.05) is 50.2 Å². The van der Waals surface area contributed by atoms with Gasteiger partial charge < -0.3 is 15.4 Å². The Morgan fingerprint density at radius 2 is 1.83 bits per heavy atom. The van der Waals surface area contributed by atoms with Gasteiger partial charge in [0, 0.05) is 12.1 Å². The normalized spacial score (nSPS) is 18.3. The van der Waals surface area contributed by atoms with E-state index in [-0.39, 0.29) is 13.0 Å². The number of carbonyl (C=O) groups excluding carboxylic acids is 3. The van der Waals surface area contributed by atoms with Gasteiger partial charge in [0.1, 0.15) is 17.8 Å². The van der Waals surface area contributed by atoms with Gasteiger partial charge in [0.05, 0.1) is 7.11 Å². The number of rotatable bonds is 7. The van der Waals surface area contributed by atoms with Crippen LogP contribution in [0, 0.1) is 6.92 Å². The molecule has 1 saturated heterocycles. The topological polar surface area (TPSA) is 87.7 Å². The first-order valence-corrected chi connectivity index (χ1v) is 9.93. The van der Waals surface area contributed by atoms with E-state index in [9.17, 15) is 14.4 Å². The Bertz CT molecular complexity index is 988. The number of carbonyl (C=O) groups is 3. The van der Waals surface area contributed by atoms with E-state index in [0.29, 0.717) is 5.75 Å². The van der Waals surface area contributed by atoms with E-state index >= 15 is 0 Å². The monoisotopic (exact) mass is 409 g/mol. The summed E-state index contributed by atoms with van der Waals surface area (Å²) in [6.07, 6.45) is 1.02. The molecule has 0 aromatic heterocycles. The van der Waals surface area contributed by atoms with Crippen LogP contribution in [0.2, 0.25) is 0 Å². The van der Waals surface area contributed by atoms with Gasteiger partial charge in [-0.3, -0.25) is 14.5 Å². The minimum atomic E-state index is -1.15. The molecule has 1 aliphatic rings. The third-order valence-corrected chi connectivity index (χ3v) is 5.39. The zero-order valence-corrected chi connectivity index (χ0v) is 17.7. The largest absolute Gasteiger partial charge is 0.496 e. The highest BCUT2D eigenvalue weighted by Crippen LogP contribution is 2.27. The average molecular weight is 409 g/mol. The van der Waals surface area contributed by atoms with Gasteiger partial charge in [-0.25, -0.2) is 4.79 Å². The Kier molecular flexibility index (Phi) is 6.10. The van der Waals surface area contributed by atoms with Crippen LogP contribution < -0.4 is 15.4 Å². The number of anilines is 1. The number of nitrogens with one attached hydrogen (secondary N) is 2. The van der Waals surface area contributed by atoms with Gasteiger partial charge in [0.2, 0.25) is 5.91 Å². The SMILES string of the molecule is CCc1cccc(C)c1NC(=O)CN1C(=O)N[C@](C)(Cc2ccccc2OC)C1=O. The third-order valence-electron chi connectivity index (χ3n) is 5.39. The lowest BCUT2D eigenvalue weighted by atomic mass is 9.92. The van der Waals surface area contributed by atoms with E-state index < -0.39 is 23.4 Å². The lowest BCUT2D eigenvalue weighted by Gasteiger charge is -2.23. The molecule has 4 amide bonds. The van der Waals surface area contributed by atoms with Crippen molar-refractivity contribution in [1.82, 2.24) is 10.2 Å². The van der Waals surface area contributed by atoms with Gasteiger partial charge in [0.15, 0.2) is 0 Å². The molecule has 0 spiro atoms. The third kappa shape index (κ3) is 4.15. The molecule has 0 aliphatic carbocycles. The van der Waals surface area contributed by atoms with Crippen LogP contribution in [0.1, 0.15) is 30.5 Å². The van der Waals surface area contributed by atoms with Gasteiger partial charge in [0.25, 0.3) is 5.91 Å². The van der Waals surface area contributed by atoms with Crippen LogP contribution in [-0.4, -0.2) is 41.9 Å². The Morgan fingerprint density at radius 3 is 2.53 bits per heavy atom. The molecule has 0 radical (unpaired) electrons. The van der Waals surface area contributed by atoms with E-state index in [1.54, 1.807) is 20.1 Å². The molecular formula is C23H27N3O4. The quantitative estimate of drug-likeness (QED) is 0.688. The molecule has 2 aromatic rings. The molecule has 2 aromatic carbocycles. The van der Waals surface area contributed by atoms with E-state index in [2.05, 4.69) is 10.6 Å². The number of aryl methyl sites for hydroxylation is 2. The van der Waals surface area contributed by atoms with Gasteiger partial charge >= 0.3 is 6.03 Å². The van der Waals surface area contributed by atoms with Crippen LogP contribution in [0.5, 0.6) is 5.75 Å². The summed E-state index contributed by atoms with van der Waals surface area (Å²) in [6.45, 7) is 5.23. The zero-order chi connectivity index (χ0) is 21.9. The van der Waals surface area contributed by atoms with Crippen LogP contribution >= 0.6 is 0 Å². The fraction of sp³-hybridized carbons (Fsp3) is 0.348. The van der Waals surface area contributed by atoms with Gasteiger partial charge in [-0.05, 0) is 43.0 Å².